The van der Waals surface area contributed by atoms with E-state index in [-0.39, 0.29) is 22.9 Å². The second kappa shape index (κ2) is 4.41. The summed E-state index contributed by atoms with van der Waals surface area (Å²) >= 11 is 0. The molecule has 0 aromatic heterocycles. The second-order valence-corrected chi connectivity index (χ2v) is 8.35. The fraction of sp³-hybridized carbons (Fsp3) is 0.684. The number of fused-ring (bicyclic) bond motifs is 5. The van der Waals surface area contributed by atoms with Gasteiger partial charge in [-0.1, -0.05) is 26.0 Å². The minimum atomic E-state index is -0.289. The number of rotatable bonds is 0. The standard InChI is InChI=1S/C19H27NO2/c1-18-7-5-12(20)9-11(18)10-15(21)17-13-3-4-16(22)19(13,2)8-6-14(17)18/h4-5,7,9,11,13-15,17,21-22H,3,6,8,10,20H2,1-2H3/t11?,13-,14+,15?,17-,18-,19-/m0/s1. The smallest absolute Gasteiger partial charge is 0.0944 e. The van der Waals surface area contributed by atoms with Gasteiger partial charge in [0.05, 0.1) is 11.9 Å². The first-order valence-electron chi connectivity index (χ1n) is 8.60. The third-order valence-electron chi connectivity index (χ3n) is 7.44. The van der Waals surface area contributed by atoms with Crippen LogP contribution in [0.5, 0.6) is 0 Å². The van der Waals surface area contributed by atoms with Gasteiger partial charge in [0.25, 0.3) is 0 Å². The van der Waals surface area contributed by atoms with E-state index >= 15 is 0 Å². The van der Waals surface area contributed by atoms with Crippen molar-refractivity contribution in [1.29, 1.82) is 0 Å². The van der Waals surface area contributed by atoms with Crippen molar-refractivity contribution < 1.29 is 10.2 Å². The van der Waals surface area contributed by atoms with Crippen LogP contribution in [0.3, 0.4) is 0 Å². The van der Waals surface area contributed by atoms with Crippen LogP contribution in [0.15, 0.2) is 35.8 Å². The Bertz CT molecular complexity index is 592. The molecule has 4 aliphatic rings. The van der Waals surface area contributed by atoms with Crippen LogP contribution in [-0.4, -0.2) is 16.3 Å². The van der Waals surface area contributed by atoms with Gasteiger partial charge in [-0.05, 0) is 66.9 Å². The van der Waals surface area contributed by atoms with Gasteiger partial charge < -0.3 is 15.9 Å². The van der Waals surface area contributed by atoms with Crippen LogP contribution in [-0.2, 0) is 0 Å². The van der Waals surface area contributed by atoms with E-state index in [1.54, 1.807) is 0 Å². The Morgan fingerprint density at radius 3 is 2.82 bits per heavy atom. The molecule has 0 spiro atoms. The third kappa shape index (κ3) is 1.66. The van der Waals surface area contributed by atoms with Crippen LogP contribution in [0.1, 0.15) is 39.5 Å². The van der Waals surface area contributed by atoms with Gasteiger partial charge in [0.2, 0.25) is 0 Å². The van der Waals surface area contributed by atoms with Crippen molar-refractivity contribution in [3.8, 4) is 0 Å². The highest BCUT2D eigenvalue weighted by molar-refractivity contribution is 5.30. The van der Waals surface area contributed by atoms with Crippen LogP contribution >= 0.6 is 0 Å². The van der Waals surface area contributed by atoms with Gasteiger partial charge in [0, 0.05) is 11.1 Å². The summed E-state index contributed by atoms with van der Waals surface area (Å²) in [5.74, 6) is 2.01. The Hall–Kier alpha value is -1.22. The van der Waals surface area contributed by atoms with E-state index in [4.69, 9.17) is 5.73 Å². The molecule has 4 aliphatic carbocycles. The van der Waals surface area contributed by atoms with Crippen LogP contribution in [0.4, 0.5) is 0 Å². The molecule has 4 rings (SSSR count). The quantitative estimate of drug-likeness (QED) is 0.643. The molecule has 0 aliphatic heterocycles. The third-order valence-corrected chi connectivity index (χ3v) is 7.44. The summed E-state index contributed by atoms with van der Waals surface area (Å²) in [7, 11) is 0. The van der Waals surface area contributed by atoms with Crippen molar-refractivity contribution in [2.24, 2.45) is 40.2 Å². The Balaban J connectivity index is 1.73. The first kappa shape index (κ1) is 14.4. The first-order valence-corrected chi connectivity index (χ1v) is 8.60. The van der Waals surface area contributed by atoms with Crippen molar-refractivity contribution in [2.75, 3.05) is 0 Å². The largest absolute Gasteiger partial charge is 0.512 e. The summed E-state index contributed by atoms with van der Waals surface area (Å²) in [6.07, 6.45) is 12.0. The zero-order valence-corrected chi connectivity index (χ0v) is 13.5. The van der Waals surface area contributed by atoms with Crippen LogP contribution < -0.4 is 5.73 Å². The van der Waals surface area contributed by atoms with E-state index in [1.165, 1.54) is 0 Å². The molecule has 4 N–H and O–H groups in total. The minimum absolute atomic E-state index is 0.0896. The van der Waals surface area contributed by atoms with Gasteiger partial charge in [0.15, 0.2) is 0 Å². The predicted molar refractivity (Wildman–Crippen MR) is 86.8 cm³/mol. The van der Waals surface area contributed by atoms with Gasteiger partial charge in [-0.2, -0.15) is 0 Å². The summed E-state index contributed by atoms with van der Waals surface area (Å²) in [6.45, 7) is 4.52. The molecule has 120 valence electrons. The summed E-state index contributed by atoms with van der Waals surface area (Å²) in [4.78, 5) is 0. The van der Waals surface area contributed by atoms with Crippen LogP contribution in [0.2, 0.25) is 0 Å². The molecule has 0 bridgehead atoms. The topological polar surface area (TPSA) is 66.5 Å². The molecule has 2 fully saturated rings. The second-order valence-electron chi connectivity index (χ2n) is 8.35. The molecule has 7 atom stereocenters. The summed E-state index contributed by atoms with van der Waals surface area (Å²) < 4.78 is 0. The van der Waals surface area contributed by atoms with E-state index in [9.17, 15) is 10.2 Å². The molecule has 0 amide bonds. The molecule has 2 unspecified atom stereocenters. The molecule has 0 radical (unpaired) electrons. The highest BCUT2D eigenvalue weighted by atomic mass is 16.3. The fourth-order valence-corrected chi connectivity index (χ4v) is 6.01. The minimum Gasteiger partial charge on any atom is -0.512 e. The Labute approximate surface area is 132 Å². The molecule has 3 nitrogen and oxygen atoms in total. The highest BCUT2D eigenvalue weighted by Gasteiger charge is 2.60. The first-order chi connectivity index (χ1) is 10.4. The Kier molecular flexibility index (Phi) is 2.88. The van der Waals surface area contributed by atoms with Gasteiger partial charge in [-0.25, -0.2) is 0 Å². The van der Waals surface area contributed by atoms with Gasteiger partial charge in [-0.15, -0.1) is 0 Å². The van der Waals surface area contributed by atoms with E-state index in [0.717, 1.165) is 31.4 Å². The van der Waals surface area contributed by atoms with Crippen LogP contribution in [0, 0.1) is 34.5 Å². The Morgan fingerprint density at radius 1 is 1.27 bits per heavy atom. The number of aliphatic hydroxyl groups excluding tert-OH is 2. The number of hydrogen-bond acceptors (Lipinski definition) is 3. The van der Waals surface area contributed by atoms with Gasteiger partial charge in [0.1, 0.15) is 0 Å². The molecule has 0 aromatic rings. The average molecular weight is 301 g/mol. The summed E-state index contributed by atoms with van der Waals surface area (Å²) in [6, 6.07) is 0. The van der Waals surface area contributed by atoms with E-state index < -0.39 is 0 Å². The molecular weight excluding hydrogens is 274 g/mol. The zero-order chi connectivity index (χ0) is 15.7. The molecule has 2 saturated carbocycles. The highest BCUT2D eigenvalue weighted by Crippen LogP contribution is 2.64. The summed E-state index contributed by atoms with van der Waals surface area (Å²) in [5, 5.41) is 21.2. The SMILES string of the molecule is C[C@]12C=CC(N)=CC1CC(O)[C@@H]1[C@H]2CC[C@]2(C)C(O)=CC[C@@H]12. The number of aliphatic hydroxyl groups is 2. The predicted octanol–water partition coefficient (Wildman–Crippen LogP) is 3.28. The zero-order valence-electron chi connectivity index (χ0n) is 13.5. The molecule has 3 heteroatoms. The molecular formula is C19H27NO2. The van der Waals surface area contributed by atoms with Gasteiger partial charge in [-0.3, -0.25) is 0 Å². The molecule has 22 heavy (non-hydrogen) atoms. The van der Waals surface area contributed by atoms with Crippen LogP contribution in [0.25, 0.3) is 0 Å². The lowest BCUT2D eigenvalue weighted by Gasteiger charge is -2.59. The van der Waals surface area contributed by atoms with Gasteiger partial charge >= 0.3 is 0 Å². The number of allylic oxidation sites excluding steroid dienone is 5. The number of hydrogen-bond donors (Lipinski definition) is 3. The normalized spacial score (nSPS) is 53.1. The van der Waals surface area contributed by atoms with Crippen molar-refractivity contribution in [1.82, 2.24) is 0 Å². The maximum Gasteiger partial charge on any atom is 0.0944 e. The molecule has 0 aromatic carbocycles. The van der Waals surface area contributed by atoms with Crippen molar-refractivity contribution in [3.05, 3.63) is 35.8 Å². The monoisotopic (exact) mass is 301 g/mol. The van der Waals surface area contributed by atoms with Crippen molar-refractivity contribution >= 4 is 0 Å². The lowest BCUT2D eigenvalue weighted by atomic mass is 9.46. The van der Waals surface area contributed by atoms with Crippen molar-refractivity contribution in [2.45, 2.75) is 45.6 Å². The van der Waals surface area contributed by atoms with E-state index in [1.807, 2.05) is 12.2 Å². The molecule has 0 saturated heterocycles. The van der Waals surface area contributed by atoms with Crippen molar-refractivity contribution in [3.63, 3.8) is 0 Å². The fourth-order valence-electron chi connectivity index (χ4n) is 6.01. The number of nitrogens with two attached hydrogens (primary N) is 1. The van der Waals surface area contributed by atoms with E-state index in [2.05, 4.69) is 26.0 Å². The maximum atomic E-state index is 10.9. The Morgan fingerprint density at radius 2 is 2.05 bits per heavy atom. The lowest BCUT2D eigenvalue weighted by Crippen LogP contribution is -2.56. The lowest BCUT2D eigenvalue weighted by molar-refractivity contribution is -0.122. The van der Waals surface area contributed by atoms with E-state index in [0.29, 0.717) is 23.5 Å². The maximum absolute atomic E-state index is 10.9. The summed E-state index contributed by atoms with van der Waals surface area (Å²) in [5.41, 5.74) is 6.78. The average Bonchev–Trinajstić information content (AvgIpc) is 2.77. The molecule has 0 heterocycles.